The van der Waals surface area contributed by atoms with Crippen LogP contribution in [-0.2, 0) is 16.1 Å². The fourth-order valence-electron chi connectivity index (χ4n) is 2.18. The minimum Gasteiger partial charge on any atom is -0.494 e. The second kappa shape index (κ2) is 12.4. The minimum atomic E-state index is -1.82. The highest BCUT2D eigenvalue weighted by Crippen LogP contribution is 2.11. The van der Waals surface area contributed by atoms with Crippen LogP contribution >= 0.6 is 0 Å². The summed E-state index contributed by atoms with van der Waals surface area (Å²) < 4.78 is 18.3. The number of hydrogen-bond acceptors (Lipinski definition) is 4. The van der Waals surface area contributed by atoms with Crippen LogP contribution in [0.4, 0.5) is 4.39 Å². The van der Waals surface area contributed by atoms with Crippen molar-refractivity contribution in [3.8, 4) is 5.75 Å². The molecule has 0 atom stereocenters. The number of rotatable bonds is 8. The molecule has 0 bridgehead atoms. The van der Waals surface area contributed by atoms with E-state index >= 15 is 0 Å². The second-order valence-corrected chi connectivity index (χ2v) is 5.84. The number of hydrogen-bond donors (Lipinski definition) is 2. The van der Waals surface area contributed by atoms with Crippen molar-refractivity contribution >= 4 is 11.9 Å². The van der Waals surface area contributed by atoms with E-state index in [0.717, 1.165) is 31.7 Å². The lowest BCUT2D eigenvalue weighted by atomic mass is 10.2. The van der Waals surface area contributed by atoms with Crippen molar-refractivity contribution < 1.29 is 28.9 Å². The van der Waals surface area contributed by atoms with E-state index in [1.54, 1.807) is 12.1 Å². The summed E-state index contributed by atoms with van der Waals surface area (Å²) in [6.07, 6.45) is 2.08. The average Bonchev–Trinajstić information content (AvgIpc) is 2.64. The smallest absolute Gasteiger partial charge is 0.414 e. The third kappa shape index (κ3) is 10.6. The normalized spacial score (nSPS) is 10.0. The number of unbranched alkanes of at least 4 members (excludes halogenated alkanes) is 1. The Morgan fingerprint density at radius 1 is 0.963 bits per heavy atom. The Balaban J connectivity index is 0.000000527. The first kappa shape index (κ1) is 22.1. The van der Waals surface area contributed by atoms with Crippen LogP contribution in [-0.4, -0.2) is 47.3 Å². The Bertz CT molecular complexity index is 679. The zero-order valence-corrected chi connectivity index (χ0v) is 15.2. The molecule has 2 aromatic rings. The molecular weight excluding hydrogens is 353 g/mol. The molecule has 2 rings (SSSR count). The summed E-state index contributed by atoms with van der Waals surface area (Å²) in [4.78, 5) is 20.5. The molecule has 0 aliphatic carbocycles. The van der Waals surface area contributed by atoms with Crippen molar-refractivity contribution in [1.82, 2.24) is 4.90 Å². The lowest BCUT2D eigenvalue weighted by molar-refractivity contribution is -0.159. The number of halogens is 1. The first-order valence-electron chi connectivity index (χ1n) is 8.45. The van der Waals surface area contributed by atoms with Crippen LogP contribution in [0.5, 0.6) is 5.75 Å². The molecule has 27 heavy (non-hydrogen) atoms. The number of benzene rings is 2. The molecule has 0 aliphatic rings. The van der Waals surface area contributed by atoms with Gasteiger partial charge in [-0.05, 0) is 56.3 Å². The Morgan fingerprint density at radius 3 is 2.11 bits per heavy atom. The molecule has 146 valence electrons. The number of ether oxygens (including phenoxy) is 1. The maximum atomic E-state index is 12.7. The molecule has 7 heteroatoms. The molecule has 6 nitrogen and oxygen atoms in total. The highest BCUT2D eigenvalue weighted by Gasteiger charge is 2.04. The molecule has 0 saturated heterocycles. The fourth-order valence-corrected chi connectivity index (χ4v) is 2.18. The highest BCUT2D eigenvalue weighted by atomic mass is 19.1. The molecule has 0 heterocycles. The van der Waals surface area contributed by atoms with E-state index in [-0.39, 0.29) is 5.82 Å². The van der Waals surface area contributed by atoms with Crippen molar-refractivity contribution in [2.24, 2.45) is 0 Å². The molecule has 0 aromatic heterocycles. The van der Waals surface area contributed by atoms with Crippen LogP contribution < -0.4 is 4.74 Å². The predicted molar refractivity (Wildman–Crippen MR) is 99.2 cm³/mol. The zero-order chi connectivity index (χ0) is 20.1. The largest absolute Gasteiger partial charge is 0.494 e. The van der Waals surface area contributed by atoms with Crippen molar-refractivity contribution in [3.05, 3.63) is 66.0 Å². The van der Waals surface area contributed by atoms with Gasteiger partial charge in [0.15, 0.2) is 0 Å². The van der Waals surface area contributed by atoms with E-state index in [4.69, 9.17) is 24.5 Å². The van der Waals surface area contributed by atoms with Gasteiger partial charge in [-0.2, -0.15) is 0 Å². The summed E-state index contributed by atoms with van der Waals surface area (Å²) in [5, 5.41) is 14.8. The molecule has 2 N–H and O–H groups in total. The standard InChI is InChI=1S/C18H22FNO.C2H2O4/c1-20(15-16-7-3-2-4-8-16)13-5-6-14-21-18-11-9-17(19)10-12-18;3-1(4)2(5)6/h2-4,7-12H,5-6,13-15H2,1H3;(H,3,4)(H,5,6). The fraction of sp³-hybridized carbons (Fsp3) is 0.300. The van der Waals surface area contributed by atoms with Crippen molar-refractivity contribution in [2.75, 3.05) is 20.2 Å². The minimum absolute atomic E-state index is 0.232. The lowest BCUT2D eigenvalue weighted by Gasteiger charge is -2.16. The number of carboxylic acid groups (broad SMARTS) is 2. The van der Waals surface area contributed by atoms with Gasteiger partial charge in [-0.25, -0.2) is 14.0 Å². The van der Waals surface area contributed by atoms with E-state index in [9.17, 15) is 4.39 Å². The van der Waals surface area contributed by atoms with Gasteiger partial charge < -0.3 is 19.8 Å². The van der Waals surface area contributed by atoms with E-state index < -0.39 is 11.9 Å². The molecule has 0 fully saturated rings. The Morgan fingerprint density at radius 2 is 1.56 bits per heavy atom. The van der Waals surface area contributed by atoms with Gasteiger partial charge in [-0.3, -0.25) is 0 Å². The molecule has 0 unspecified atom stereocenters. The van der Waals surface area contributed by atoms with Gasteiger partial charge in [-0.15, -0.1) is 0 Å². The first-order chi connectivity index (χ1) is 12.9. The zero-order valence-electron chi connectivity index (χ0n) is 15.2. The van der Waals surface area contributed by atoms with Gasteiger partial charge in [0.05, 0.1) is 6.61 Å². The molecular formula is C20H24FNO5. The SMILES string of the molecule is CN(CCCCOc1ccc(F)cc1)Cc1ccccc1.O=C(O)C(=O)O. The molecule has 0 spiro atoms. The Labute approximate surface area is 157 Å². The summed E-state index contributed by atoms with van der Waals surface area (Å²) in [5.41, 5.74) is 1.34. The van der Waals surface area contributed by atoms with Crippen molar-refractivity contribution in [3.63, 3.8) is 0 Å². The first-order valence-corrected chi connectivity index (χ1v) is 8.45. The number of aliphatic carboxylic acids is 2. The van der Waals surface area contributed by atoms with Gasteiger partial charge in [0.25, 0.3) is 0 Å². The summed E-state index contributed by atoms with van der Waals surface area (Å²) in [6.45, 7) is 2.69. The highest BCUT2D eigenvalue weighted by molar-refractivity contribution is 6.27. The van der Waals surface area contributed by atoms with E-state index in [1.807, 2.05) is 6.07 Å². The third-order valence-corrected chi connectivity index (χ3v) is 3.49. The van der Waals surface area contributed by atoms with E-state index in [2.05, 4.69) is 36.2 Å². The second-order valence-electron chi connectivity index (χ2n) is 5.84. The third-order valence-electron chi connectivity index (χ3n) is 3.49. The van der Waals surface area contributed by atoms with Gasteiger partial charge in [0.2, 0.25) is 0 Å². The maximum absolute atomic E-state index is 12.7. The van der Waals surface area contributed by atoms with Crippen LogP contribution in [0.1, 0.15) is 18.4 Å². The summed E-state index contributed by atoms with van der Waals surface area (Å²) in [7, 11) is 2.13. The van der Waals surface area contributed by atoms with Crippen LogP contribution in [0, 0.1) is 5.82 Å². The Hall–Kier alpha value is -2.93. The van der Waals surface area contributed by atoms with Gasteiger partial charge in [0.1, 0.15) is 11.6 Å². The summed E-state index contributed by atoms with van der Waals surface area (Å²) >= 11 is 0. The van der Waals surface area contributed by atoms with E-state index in [0.29, 0.717) is 6.61 Å². The maximum Gasteiger partial charge on any atom is 0.414 e. The monoisotopic (exact) mass is 377 g/mol. The molecule has 2 aromatic carbocycles. The van der Waals surface area contributed by atoms with Gasteiger partial charge in [-0.1, -0.05) is 30.3 Å². The predicted octanol–water partition coefficient (Wildman–Crippen LogP) is 3.27. The quantitative estimate of drug-likeness (QED) is 0.542. The average molecular weight is 377 g/mol. The van der Waals surface area contributed by atoms with Crippen molar-refractivity contribution in [1.29, 1.82) is 0 Å². The van der Waals surface area contributed by atoms with Crippen molar-refractivity contribution in [2.45, 2.75) is 19.4 Å². The summed E-state index contributed by atoms with van der Waals surface area (Å²) in [6, 6.07) is 16.6. The van der Waals surface area contributed by atoms with Crippen LogP contribution in [0.3, 0.4) is 0 Å². The molecule has 0 amide bonds. The van der Waals surface area contributed by atoms with Gasteiger partial charge in [0, 0.05) is 6.54 Å². The topological polar surface area (TPSA) is 87.1 Å². The Kier molecular flexibility index (Phi) is 10.2. The van der Waals surface area contributed by atoms with Gasteiger partial charge >= 0.3 is 11.9 Å². The van der Waals surface area contributed by atoms with Crippen LogP contribution in [0.15, 0.2) is 54.6 Å². The number of carboxylic acids is 2. The molecule has 0 aliphatic heterocycles. The van der Waals surface area contributed by atoms with Crippen LogP contribution in [0.2, 0.25) is 0 Å². The number of nitrogens with zero attached hydrogens (tertiary/aromatic N) is 1. The van der Waals surface area contributed by atoms with Crippen LogP contribution in [0.25, 0.3) is 0 Å². The molecule has 0 radical (unpaired) electrons. The van der Waals surface area contributed by atoms with E-state index in [1.165, 1.54) is 17.7 Å². The molecule has 0 saturated carbocycles. The number of carbonyl (C=O) groups is 2. The lowest BCUT2D eigenvalue weighted by Crippen LogP contribution is -2.19. The summed E-state index contributed by atoms with van der Waals surface area (Å²) in [5.74, 6) is -3.15.